The van der Waals surface area contributed by atoms with Gasteiger partial charge in [0, 0.05) is 38.0 Å². The van der Waals surface area contributed by atoms with Crippen molar-refractivity contribution in [3.05, 3.63) is 0 Å². The highest BCUT2D eigenvalue weighted by Crippen LogP contribution is 2.61. The Morgan fingerprint density at radius 3 is 2.07 bits per heavy atom. The van der Waals surface area contributed by atoms with Gasteiger partial charge in [-0.15, -0.1) is 0 Å². The minimum absolute atomic E-state index is 0.237. The minimum Gasteiger partial charge on any atom is -0.343 e. The Labute approximate surface area is 163 Å². The molecule has 6 saturated carbocycles. The molecule has 4 bridgehead atoms. The maximum Gasteiger partial charge on any atom is 0.226 e. The van der Waals surface area contributed by atoms with Crippen molar-refractivity contribution in [2.24, 2.45) is 40.9 Å². The first-order valence-corrected chi connectivity index (χ1v) is 11.6. The summed E-state index contributed by atoms with van der Waals surface area (Å²) in [4.78, 5) is 30.3. The van der Waals surface area contributed by atoms with E-state index in [0.29, 0.717) is 35.6 Å². The van der Waals surface area contributed by atoms with E-state index in [0.717, 1.165) is 44.2 Å². The standard InChI is InChI=1S/C23H34N2O2/c1-24(18-2-3-18)21(26)19-13-23(19)4-6-25(7-5-23)22(27)20-16-9-14-8-15(11-16)12-17(20)10-14/h14-20H,2-13H2,1H3. The Hall–Kier alpha value is -1.06. The van der Waals surface area contributed by atoms with Gasteiger partial charge in [-0.05, 0) is 93.3 Å². The minimum atomic E-state index is 0.237. The second-order valence-corrected chi connectivity index (χ2v) is 11.1. The van der Waals surface area contributed by atoms with Crippen LogP contribution in [0.25, 0.3) is 0 Å². The lowest BCUT2D eigenvalue weighted by atomic mass is 9.51. The average Bonchev–Trinajstić information content (AvgIpc) is 3.56. The molecular formula is C23H34N2O2. The monoisotopic (exact) mass is 370 g/mol. The first kappa shape index (κ1) is 16.9. The summed E-state index contributed by atoms with van der Waals surface area (Å²) in [6, 6.07) is 0.522. The van der Waals surface area contributed by atoms with Gasteiger partial charge in [0.05, 0.1) is 0 Å². The number of carbonyl (C=O) groups is 2. The van der Waals surface area contributed by atoms with Gasteiger partial charge >= 0.3 is 0 Å². The zero-order valence-electron chi connectivity index (χ0n) is 16.7. The molecule has 2 amide bonds. The first-order chi connectivity index (χ1) is 13.0. The van der Waals surface area contributed by atoms with Gasteiger partial charge in [-0.1, -0.05) is 0 Å². The normalized spacial score (nSPS) is 43.8. The second-order valence-electron chi connectivity index (χ2n) is 11.1. The molecule has 0 aromatic carbocycles. The summed E-state index contributed by atoms with van der Waals surface area (Å²) in [5.74, 6) is 4.70. The molecule has 0 aromatic heterocycles. The third-order valence-electron chi connectivity index (χ3n) is 9.51. The third-order valence-corrected chi connectivity index (χ3v) is 9.51. The predicted octanol–water partition coefficient (Wildman–Crippen LogP) is 3.31. The second kappa shape index (κ2) is 5.73. The smallest absolute Gasteiger partial charge is 0.226 e. The van der Waals surface area contributed by atoms with Crippen LogP contribution in [0.1, 0.15) is 64.2 Å². The molecule has 1 aliphatic heterocycles. The van der Waals surface area contributed by atoms with Gasteiger partial charge in [0.1, 0.15) is 0 Å². The fraction of sp³-hybridized carbons (Fsp3) is 0.913. The summed E-state index contributed by atoms with van der Waals surface area (Å²) in [5.41, 5.74) is 0.237. The van der Waals surface area contributed by atoms with Crippen LogP contribution in [0.5, 0.6) is 0 Å². The lowest BCUT2D eigenvalue weighted by Gasteiger charge is -2.54. The van der Waals surface area contributed by atoms with Crippen molar-refractivity contribution in [2.75, 3.05) is 20.1 Å². The Morgan fingerprint density at radius 2 is 1.52 bits per heavy atom. The van der Waals surface area contributed by atoms with Gasteiger partial charge in [-0.3, -0.25) is 9.59 Å². The zero-order chi connectivity index (χ0) is 18.3. The van der Waals surface area contributed by atoms with Gasteiger partial charge in [0.25, 0.3) is 0 Å². The fourth-order valence-electron chi connectivity index (χ4n) is 7.85. The lowest BCUT2D eigenvalue weighted by Crippen LogP contribution is -2.53. The van der Waals surface area contributed by atoms with E-state index in [1.807, 2.05) is 11.9 Å². The molecule has 7 aliphatic rings. The van der Waals surface area contributed by atoms with E-state index in [1.54, 1.807) is 0 Å². The van der Waals surface area contributed by atoms with E-state index in [2.05, 4.69) is 4.90 Å². The van der Waals surface area contributed by atoms with Crippen LogP contribution >= 0.6 is 0 Å². The summed E-state index contributed by atoms with van der Waals surface area (Å²) in [6.07, 6.45) is 12.3. The molecule has 1 atom stereocenters. The molecule has 1 saturated heterocycles. The van der Waals surface area contributed by atoms with Crippen LogP contribution in [-0.4, -0.2) is 47.8 Å². The van der Waals surface area contributed by atoms with E-state index in [1.165, 1.54) is 44.9 Å². The summed E-state index contributed by atoms with van der Waals surface area (Å²) in [7, 11) is 2.00. The largest absolute Gasteiger partial charge is 0.343 e. The fourth-order valence-corrected chi connectivity index (χ4v) is 7.85. The van der Waals surface area contributed by atoms with E-state index in [-0.39, 0.29) is 11.3 Å². The molecule has 4 nitrogen and oxygen atoms in total. The van der Waals surface area contributed by atoms with Crippen LogP contribution in [0.4, 0.5) is 0 Å². The van der Waals surface area contributed by atoms with Crippen LogP contribution in [0.2, 0.25) is 0 Å². The Kier molecular flexibility index (Phi) is 3.58. The van der Waals surface area contributed by atoms with Gasteiger partial charge in [-0.25, -0.2) is 0 Å². The number of piperidine rings is 1. The van der Waals surface area contributed by atoms with Crippen molar-refractivity contribution in [2.45, 2.75) is 70.3 Å². The molecule has 0 aromatic rings. The summed E-state index contributed by atoms with van der Waals surface area (Å²) >= 11 is 0. The molecule has 27 heavy (non-hydrogen) atoms. The van der Waals surface area contributed by atoms with Crippen LogP contribution in [0, 0.1) is 40.9 Å². The lowest BCUT2D eigenvalue weighted by molar-refractivity contribution is -0.150. The molecule has 148 valence electrons. The maximum atomic E-state index is 13.4. The van der Waals surface area contributed by atoms with Crippen molar-refractivity contribution >= 4 is 11.8 Å². The highest BCUT2D eigenvalue weighted by atomic mass is 16.2. The quantitative estimate of drug-likeness (QED) is 0.765. The SMILES string of the molecule is CN(C(=O)C1CC12CCN(C(=O)C1C3CC4CC(C3)CC1C4)CC2)C1CC1. The van der Waals surface area contributed by atoms with Crippen LogP contribution in [0.15, 0.2) is 0 Å². The number of carbonyl (C=O) groups excluding carboxylic acids is 2. The molecule has 0 N–H and O–H groups in total. The van der Waals surface area contributed by atoms with Crippen molar-refractivity contribution in [1.82, 2.24) is 9.80 Å². The average molecular weight is 371 g/mol. The van der Waals surface area contributed by atoms with E-state index in [4.69, 9.17) is 0 Å². The molecular weight excluding hydrogens is 336 g/mol. The van der Waals surface area contributed by atoms with Crippen LogP contribution in [-0.2, 0) is 9.59 Å². The van der Waals surface area contributed by atoms with Crippen molar-refractivity contribution in [3.63, 3.8) is 0 Å². The Bertz CT molecular complexity index is 633. The van der Waals surface area contributed by atoms with Gasteiger partial charge in [-0.2, -0.15) is 0 Å². The van der Waals surface area contributed by atoms with E-state index < -0.39 is 0 Å². The highest BCUT2D eigenvalue weighted by molar-refractivity contribution is 5.83. The summed E-state index contributed by atoms with van der Waals surface area (Å²) < 4.78 is 0. The summed E-state index contributed by atoms with van der Waals surface area (Å²) in [5, 5.41) is 0. The van der Waals surface area contributed by atoms with E-state index in [9.17, 15) is 9.59 Å². The molecule has 0 radical (unpaired) electrons. The number of rotatable bonds is 3. The van der Waals surface area contributed by atoms with Gasteiger partial charge in [0.15, 0.2) is 0 Å². The van der Waals surface area contributed by atoms with Gasteiger partial charge < -0.3 is 9.80 Å². The number of hydrogen-bond donors (Lipinski definition) is 0. The zero-order valence-corrected chi connectivity index (χ0v) is 16.7. The van der Waals surface area contributed by atoms with Crippen LogP contribution in [0.3, 0.4) is 0 Å². The Morgan fingerprint density at radius 1 is 0.926 bits per heavy atom. The molecule has 7 rings (SSSR count). The molecule has 6 aliphatic carbocycles. The molecule has 1 unspecified atom stereocenters. The number of likely N-dealkylation sites (tertiary alicyclic amines) is 1. The van der Waals surface area contributed by atoms with Crippen molar-refractivity contribution in [3.8, 4) is 0 Å². The predicted molar refractivity (Wildman–Crippen MR) is 103 cm³/mol. The molecule has 7 fully saturated rings. The number of amides is 2. The number of hydrogen-bond acceptors (Lipinski definition) is 2. The van der Waals surface area contributed by atoms with Crippen molar-refractivity contribution < 1.29 is 9.59 Å². The van der Waals surface area contributed by atoms with Crippen LogP contribution < -0.4 is 0 Å². The van der Waals surface area contributed by atoms with E-state index >= 15 is 0 Å². The molecule has 1 spiro atoms. The highest BCUT2D eigenvalue weighted by Gasteiger charge is 2.60. The molecule has 1 heterocycles. The van der Waals surface area contributed by atoms with Crippen molar-refractivity contribution in [1.29, 1.82) is 0 Å². The third kappa shape index (κ3) is 2.61. The summed E-state index contributed by atoms with van der Waals surface area (Å²) in [6.45, 7) is 1.80. The Balaban J connectivity index is 1.08. The molecule has 4 heteroatoms. The topological polar surface area (TPSA) is 40.6 Å². The van der Waals surface area contributed by atoms with Gasteiger partial charge in [0.2, 0.25) is 11.8 Å². The first-order valence-electron chi connectivity index (χ1n) is 11.6. The number of nitrogens with zero attached hydrogens (tertiary/aromatic N) is 2. The maximum absolute atomic E-state index is 13.4.